The Morgan fingerprint density at radius 3 is 2.61 bits per heavy atom. The fourth-order valence-corrected chi connectivity index (χ4v) is 5.46. The lowest BCUT2D eigenvalue weighted by Gasteiger charge is -2.31. The fraction of sp³-hybridized carbons (Fsp3) is 0.281. The molecule has 9 nitrogen and oxygen atoms in total. The lowest BCUT2D eigenvalue weighted by molar-refractivity contribution is -0.117. The molecule has 2 aromatic carbocycles. The highest BCUT2D eigenvalue weighted by Crippen LogP contribution is 2.29. The van der Waals surface area contributed by atoms with Crippen molar-refractivity contribution in [2.24, 2.45) is 5.92 Å². The first-order chi connectivity index (χ1) is 20.0. The quantitative estimate of drug-likeness (QED) is 0.303. The first-order valence-corrected chi connectivity index (χ1v) is 14.1. The Bertz CT molecular complexity index is 1570. The van der Waals surface area contributed by atoms with E-state index in [0.29, 0.717) is 31.0 Å². The number of anilines is 5. The topological polar surface area (TPSA) is 112 Å². The molecule has 0 radical (unpaired) electrons. The number of carbonyl (C=O) groups is 2. The Balaban J connectivity index is 1.14. The van der Waals surface area contributed by atoms with E-state index in [1.54, 1.807) is 30.7 Å². The standard InChI is InChI=1S/C32H33N7O2/c1-21-20-34-32-36-26-4-2-3-22(17-26)5-6-25-19-27(35-30(21)38-32)7-8-28(25)37-29(40)18-23-11-15-39(16-12-23)31(41)24-9-13-33-14-10-24/h2-4,7-10,13-14,17,19-20,23H,5-6,11-12,15-16,18H2,1H3,(H,37,40)(H2,34,35,36,38). The Hall–Kier alpha value is -4.79. The van der Waals surface area contributed by atoms with E-state index in [1.165, 1.54) is 5.56 Å². The van der Waals surface area contributed by atoms with Crippen LogP contribution in [-0.2, 0) is 17.6 Å². The van der Waals surface area contributed by atoms with Gasteiger partial charge in [-0.25, -0.2) is 4.98 Å². The number of aromatic nitrogens is 3. The maximum absolute atomic E-state index is 13.2. The van der Waals surface area contributed by atoms with E-state index in [0.717, 1.165) is 59.7 Å². The van der Waals surface area contributed by atoms with Crippen LogP contribution in [0.5, 0.6) is 0 Å². The van der Waals surface area contributed by atoms with Gasteiger partial charge in [0.25, 0.3) is 5.91 Å². The molecule has 2 aliphatic heterocycles. The molecule has 3 N–H and O–H groups in total. The van der Waals surface area contributed by atoms with Crippen LogP contribution in [0.4, 0.5) is 28.8 Å². The summed E-state index contributed by atoms with van der Waals surface area (Å²) in [4.78, 5) is 40.9. The van der Waals surface area contributed by atoms with Gasteiger partial charge >= 0.3 is 0 Å². The highest BCUT2D eigenvalue weighted by atomic mass is 16.2. The van der Waals surface area contributed by atoms with Crippen molar-refractivity contribution in [1.29, 1.82) is 0 Å². The second-order valence-electron chi connectivity index (χ2n) is 10.8. The molecule has 4 aromatic rings. The van der Waals surface area contributed by atoms with Crippen LogP contribution in [0, 0.1) is 12.8 Å². The van der Waals surface area contributed by atoms with Crippen molar-refractivity contribution in [2.45, 2.75) is 39.0 Å². The maximum atomic E-state index is 13.2. The van der Waals surface area contributed by atoms with Gasteiger partial charge in [0.1, 0.15) is 5.82 Å². The zero-order valence-corrected chi connectivity index (χ0v) is 23.1. The summed E-state index contributed by atoms with van der Waals surface area (Å²) >= 11 is 0. The monoisotopic (exact) mass is 547 g/mol. The van der Waals surface area contributed by atoms with Gasteiger partial charge < -0.3 is 20.9 Å². The second-order valence-corrected chi connectivity index (χ2v) is 10.8. The van der Waals surface area contributed by atoms with Crippen molar-refractivity contribution < 1.29 is 9.59 Å². The number of rotatable bonds is 4. The van der Waals surface area contributed by atoms with Crippen molar-refractivity contribution in [3.63, 3.8) is 0 Å². The maximum Gasteiger partial charge on any atom is 0.253 e. The van der Waals surface area contributed by atoms with Crippen molar-refractivity contribution >= 4 is 40.6 Å². The molecule has 0 unspecified atom stereocenters. The number of likely N-dealkylation sites (tertiary alicyclic amines) is 1. The molecule has 4 heterocycles. The van der Waals surface area contributed by atoms with Gasteiger partial charge in [0, 0.05) is 66.3 Å². The first-order valence-electron chi connectivity index (χ1n) is 14.1. The molecular formula is C32H33N7O2. The number of carbonyl (C=O) groups excluding carboxylic acids is 2. The summed E-state index contributed by atoms with van der Waals surface area (Å²) in [5.74, 6) is 1.54. The van der Waals surface area contributed by atoms with Crippen molar-refractivity contribution in [1.82, 2.24) is 19.9 Å². The van der Waals surface area contributed by atoms with Crippen LogP contribution in [0.1, 0.15) is 46.3 Å². The summed E-state index contributed by atoms with van der Waals surface area (Å²) in [5, 5.41) is 9.92. The SMILES string of the molecule is Cc1cnc2nc1Nc1ccc(NC(=O)CC3CCN(C(=O)c4ccncc4)CC3)c(c1)CCc1cccc(c1)N2. The van der Waals surface area contributed by atoms with Gasteiger partial charge in [-0.05, 0) is 92.1 Å². The molecule has 0 spiro atoms. The number of benzene rings is 2. The van der Waals surface area contributed by atoms with Crippen LogP contribution >= 0.6 is 0 Å². The molecule has 6 bridgehead atoms. The summed E-state index contributed by atoms with van der Waals surface area (Å²) in [5.41, 5.74) is 6.51. The lowest BCUT2D eigenvalue weighted by Crippen LogP contribution is -2.39. The van der Waals surface area contributed by atoms with Crippen LogP contribution in [0.3, 0.4) is 0 Å². The molecule has 0 saturated carbocycles. The van der Waals surface area contributed by atoms with E-state index in [1.807, 2.05) is 36.1 Å². The number of fused-ring (bicyclic) bond motifs is 6. The Morgan fingerprint density at radius 2 is 1.78 bits per heavy atom. The molecule has 1 fully saturated rings. The number of piperidine rings is 1. The number of hydrogen-bond acceptors (Lipinski definition) is 7. The Morgan fingerprint density at radius 1 is 0.976 bits per heavy atom. The highest BCUT2D eigenvalue weighted by molar-refractivity contribution is 5.94. The van der Waals surface area contributed by atoms with E-state index in [4.69, 9.17) is 0 Å². The highest BCUT2D eigenvalue weighted by Gasteiger charge is 2.25. The van der Waals surface area contributed by atoms with Crippen molar-refractivity contribution in [3.05, 3.63) is 95.4 Å². The van der Waals surface area contributed by atoms with E-state index in [2.05, 4.69) is 49.1 Å². The number of nitrogens with zero attached hydrogens (tertiary/aromatic N) is 4. The third kappa shape index (κ3) is 6.35. The Kier molecular flexibility index (Phi) is 7.58. The van der Waals surface area contributed by atoms with Crippen molar-refractivity contribution in [2.75, 3.05) is 29.0 Å². The first kappa shape index (κ1) is 26.4. The molecule has 2 aliphatic rings. The summed E-state index contributed by atoms with van der Waals surface area (Å²) in [6.45, 7) is 3.28. The predicted molar refractivity (Wildman–Crippen MR) is 160 cm³/mol. The van der Waals surface area contributed by atoms with Gasteiger partial charge in [-0.3, -0.25) is 14.6 Å². The smallest absolute Gasteiger partial charge is 0.253 e. The van der Waals surface area contributed by atoms with E-state index >= 15 is 0 Å². The molecule has 6 rings (SSSR count). The van der Waals surface area contributed by atoms with Crippen LogP contribution in [0.25, 0.3) is 0 Å². The molecule has 1 saturated heterocycles. The molecule has 41 heavy (non-hydrogen) atoms. The number of aryl methyl sites for hydroxylation is 3. The van der Waals surface area contributed by atoms with Gasteiger partial charge in [-0.15, -0.1) is 0 Å². The van der Waals surface area contributed by atoms with Gasteiger partial charge in [0.05, 0.1) is 0 Å². The average Bonchev–Trinajstić information content (AvgIpc) is 2.99. The summed E-state index contributed by atoms with van der Waals surface area (Å²) in [6.07, 6.45) is 8.73. The van der Waals surface area contributed by atoms with Gasteiger partial charge in [-0.1, -0.05) is 12.1 Å². The molecule has 0 aliphatic carbocycles. The number of nitrogens with one attached hydrogen (secondary N) is 3. The van der Waals surface area contributed by atoms with E-state index < -0.39 is 0 Å². The van der Waals surface area contributed by atoms with Crippen molar-refractivity contribution in [3.8, 4) is 0 Å². The lowest BCUT2D eigenvalue weighted by atomic mass is 9.92. The van der Waals surface area contributed by atoms with Gasteiger partial charge in [0.2, 0.25) is 11.9 Å². The minimum absolute atomic E-state index is 0.00581. The van der Waals surface area contributed by atoms with Crippen LogP contribution < -0.4 is 16.0 Å². The molecule has 9 heteroatoms. The molecule has 0 atom stereocenters. The van der Waals surface area contributed by atoms with E-state index in [9.17, 15) is 9.59 Å². The number of hydrogen-bond donors (Lipinski definition) is 3. The average molecular weight is 548 g/mol. The normalized spacial score (nSPS) is 14.9. The minimum atomic E-state index is 0.00581. The molecular weight excluding hydrogens is 514 g/mol. The third-order valence-electron chi connectivity index (χ3n) is 7.78. The van der Waals surface area contributed by atoms with E-state index in [-0.39, 0.29) is 17.7 Å². The van der Waals surface area contributed by atoms with Crippen LogP contribution in [-0.4, -0.2) is 44.8 Å². The Labute approximate surface area is 239 Å². The zero-order valence-electron chi connectivity index (χ0n) is 23.1. The van der Waals surface area contributed by atoms with Gasteiger partial charge in [0.15, 0.2) is 0 Å². The van der Waals surface area contributed by atoms with Gasteiger partial charge in [-0.2, -0.15) is 4.98 Å². The van der Waals surface area contributed by atoms with Crippen LogP contribution in [0.2, 0.25) is 0 Å². The van der Waals surface area contributed by atoms with Crippen LogP contribution in [0.15, 0.2) is 73.2 Å². The predicted octanol–water partition coefficient (Wildman–Crippen LogP) is 5.65. The second kappa shape index (κ2) is 11.8. The zero-order chi connectivity index (χ0) is 28.2. The fourth-order valence-electron chi connectivity index (χ4n) is 5.46. The summed E-state index contributed by atoms with van der Waals surface area (Å²) in [6, 6.07) is 17.8. The molecule has 208 valence electrons. The number of pyridine rings is 1. The summed E-state index contributed by atoms with van der Waals surface area (Å²) < 4.78 is 0. The minimum Gasteiger partial charge on any atom is -0.340 e. The summed E-state index contributed by atoms with van der Waals surface area (Å²) in [7, 11) is 0. The molecule has 2 aromatic heterocycles. The largest absolute Gasteiger partial charge is 0.340 e. The number of amides is 2. The molecule has 2 amide bonds. The third-order valence-corrected chi connectivity index (χ3v) is 7.78.